The molecule has 0 aliphatic rings. The maximum absolute atomic E-state index is 5.49. The van der Waals surface area contributed by atoms with Crippen LogP contribution in [0.5, 0.6) is 5.88 Å². The van der Waals surface area contributed by atoms with E-state index in [4.69, 9.17) is 9.47 Å². The maximum Gasteiger partial charge on any atom is 0.225 e. The minimum absolute atomic E-state index is 0.587. The van der Waals surface area contributed by atoms with Gasteiger partial charge in [-0.25, -0.2) is 4.98 Å². The van der Waals surface area contributed by atoms with E-state index in [-0.39, 0.29) is 0 Å². The molecule has 0 amide bonds. The zero-order valence-corrected chi connectivity index (χ0v) is 11.5. The van der Waals surface area contributed by atoms with Gasteiger partial charge >= 0.3 is 0 Å². The van der Waals surface area contributed by atoms with Crippen LogP contribution >= 0.6 is 0 Å². The van der Waals surface area contributed by atoms with Gasteiger partial charge in [-0.1, -0.05) is 13.8 Å². The Bertz CT molecular complexity index is 332. The summed E-state index contributed by atoms with van der Waals surface area (Å²) in [7, 11) is 0. The normalized spacial score (nSPS) is 10.7. The Morgan fingerprint density at radius 1 is 1.39 bits per heavy atom. The fourth-order valence-electron chi connectivity index (χ4n) is 1.35. The number of aromatic nitrogens is 2. The standard InChI is InChI=1S/C13H23N3O2/c1-4-18-12-6-8-15-13(16-12)14-7-5-9-17-10-11(2)3/h6,8,11H,4-5,7,9-10H2,1-3H3,(H,14,15,16). The predicted molar refractivity (Wildman–Crippen MR) is 72.0 cm³/mol. The molecule has 0 aromatic carbocycles. The topological polar surface area (TPSA) is 56.3 Å². The number of nitrogens with one attached hydrogen (secondary N) is 1. The van der Waals surface area contributed by atoms with E-state index in [2.05, 4.69) is 29.1 Å². The summed E-state index contributed by atoms with van der Waals surface area (Å²) in [5, 5.41) is 3.15. The summed E-state index contributed by atoms with van der Waals surface area (Å²) in [4.78, 5) is 8.35. The van der Waals surface area contributed by atoms with Crippen molar-refractivity contribution < 1.29 is 9.47 Å². The molecule has 0 atom stereocenters. The summed E-state index contributed by atoms with van der Waals surface area (Å²) in [6.07, 6.45) is 2.63. The van der Waals surface area contributed by atoms with Crippen molar-refractivity contribution in [3.05, 3.63) is 12.3 Å². The fraction of sp³-hybridized carbons (Fsp3) is 0.692. The fourth-order valence-corrected chi connectivity index (χ4v) is 1.35. The van der Waals surface area contributed by atoms with Crippen molar-refractivity contribution in [2.24, 2.45) is 5.92 Å². The van der Waals surface area contributed by atoms with E-state index in [1.54, 1.807) is 12.3 Å². The van der Waals surface area contributed by atoms with E-state index >= 15 is 0 Å². The van der Waals surface area contributed by atoms with Gasteiger partial charge in [-0.3, -0.25) is 0 Å². The summed E-state index contributed by atoms with van der Waals surface area (Å²) in [6, 6.07) is 1.75. The van der Waals surface area contributed by atoms with Gasteiger partial charge in [-0.2, -0.15) is 4.98 Å². The van der Waals surface area contributed by atoms with Crippen LogP contribution in [0.25, 0.3) is 0 Å². The second-order valence-electron chi connectivity index (χ2n) is 4.40. The molecule has 0 aliphatic carbocycles. The number of hydrogen-bond acceptors (Lipinski definition) is 5. The molecule has 0 bridgehead atoms. The zero-order valence-electron chi connectivity index (χ0n) is 11.5. The summed E-state index contributed by atoms with van der Waals surface area (Å²) >= 11 is 0. The Balaban J connectivity index is 2.16. The molecule has 0 saturated heterocycles. The van der Waals surface area contributed by atoms with E-state index in [1.807, 2.05) is 6.92 Å². The van der Waals surface area contributed by atoms with Crippen LogP contribution in [0.3, 0.4) is 0 Å². The summed E-state index contributed by atoms with van der Waals surface area (Å²) in [5.41, 5.74) is 0. The van der Waals surface area contributed by atoms with Crippen LogP contribution in [0.15, 0.2) is 12.3 Å². The minimum Gasteiger partial charge on any atom is -0.478 e. The molecule has 0 saturated carbocycles. The third kappa shape index (κ3) is 6.39. The number of nitrogens with zero attached hydrogens (tertiary/aromatic N) is 2. The molecule has 1 heterocycles. The monoisotopic (exact) mass is 253 g/mol. The second kappa shape index (κ2) is 8.69. The molecule has 0 aliphatic heterocycles. The Labute approximate surface area is 109 Å². The third-order valence-corrected chi connectivity index (χ3v) is 2.12. The van der Waals surface area contributed by atoms with E-state index in [1.165, 1.54) is 0 Å². The van der Waals surface area contributed by atoms with E-state index in [0.717, 1.165) is 26.2 Å². The van der Waals surface area contributed by atoms with Gasteiger partial charge in [0.2, 0.25) is 11.8 Å². The Morgan fingerprint density at radius 3 is 2.94 bits per heavy atom. The highest BCUT2D eigenvalue weighted by molar-refractivity contribution is 5.27. The Morgan fingerprint density at radius 2 is 2.22 bits per heavy atom. The molecule has 0 unspecified atom stereocenters. The number of rotatable bonds is 9. The van der Waals surface area contributed by atoms with Crippen molar-refractivity contribution in [2.45, 2.75) is 27.2 Å². The van der Waals surface area contributed by atoms with Crippen molar-refractivity contribution in [1.29, 1.82) is 0 Å². The van der Waals surface area contributed by atoms with Crippen LogP contribution in [0.2, 0.25) is 0 Å². The molecule has 0 radical (unpaired) electrons. The Hall–Kier alpha value is -1.36. The highest BCUT2D eigenvalue weighted by Gasteiger charge is 1.99. The van der Waals surface area contributed by atoms with Gasteiger partial charge in [0.1, 0.15) is 0 Å². The lowest BCUT2D eigenvalue weighted by Gasteiger charge is -2.08. The van der Waals surface area contributed by atoms with E-state index in [9.17, 15) is 0 Å². The van der Waals surface area contributed by atoms with Crippen molar-refractivity contribution >= 4 is 5.95 Å². The molecule has 18 heavy (non-hydrogen) atoms. The van der Waals surface area contributed by atoms with E-state index < -0.39 is 0 Å². The largest absolute Gasteiger partial charge is 0.478 e. The van der Waals surface area contributed by atoms with Crippen LogP contribution in [-0.2, 0) is 4.74 Å². The van der Waals surface area contributed by atoms with Crippen LogP contribution in [0, 0.1) is 5.92 Å². The smallest absolute Gasteiger partial charge is 0.225 e. The SMILES string of the molecule is CCOc1ccnc(NCCCOCC(C)C)n1. The van der Waals surface area contributed by atoms with Crippen LogP contribution in [0.1, 0.15) is 27.2 Å². The molecule has 1 aromatic heterocycles. The van der Waals surface area contributed by atoms with Crippen LogP contribution in [0.4, 0.5) is 5.95 Å². The summed E-state index contributed by atoms with van der Waals surface area (Å²) in [6.45, 7) is 9.21. The number of hydrogen-bond donors (Lipinski definition) is 1. The first kappa shape index (κ1) is 14.7. The molecule has 1 N–H and O–H groups in total. The molecule has 0 fully saturated rings. The molecule has 1 aromatic rings. The van der Waals surface area contributed by atoms with Crippen LogP contribution < -0.4 is 10.1 Å². The van der Waals surface area contributed by atoms with Gasteiger partial charge < -0.3 is 14.8 Å². The highest BCUT2D eigenvalue weighted by atomic mass is 16.5. The number of anilines is 1. The van der Waals surface area contributed by atoms with Gasteiger partial charge in [0.05, 0.1) is 6.61 Å². The first-order valence-electron chi connectivity index (χ1n) is 6.49. The Kier molecular flexibility index (Phi) is 7.10. The number of ether oxygens (including phenoxy) is 2. The maximum atomic E-state index is 5.49. The van der Waals surface area contributed by atoms with Crippen molar-refractivity contribution in [1.82, 2.24) is 9.97 Å². The summed E-state index contributed by atoms with van der Waals surface area (Å²) < 4.78 is 10.8. The average molecular weight is 253 g/mol. The van der Waals surface area contributed by atoms with Crippen molar-refractivity contribution in [3.8, 4) is 5.88 Å². The van der Waals surface area contributed by atoms with Crippen LogP contribution in [-0.4, -0.2) is 36.3 Å². The minimum atomic E-state index is 0.587. The molecule has 0 spiro atoms. The molecular weight excluding hydrogens is 230 g/mol. The molecule has 1 rings (SSSR count). The summed E-state index contributed by atoms with van der Waals surface area (Å²) in [5.74, 6) is 1.79. The lowest BCUT2D eigenvalue weighted by atomic mass is 10.2. The highest BCUT2D eigenvalue weighted by Crippen LogP contribution is 2.07. The first-order valence-corrected chi connectivity index (χ1v) is 6.49. The first-order chi connectivity index (χ1) is 8.72. The quantitative estimate of drug-likeness (QED) is 0.685. The molecule has 102 valence electrons. The van der Waals surface area contributed by atoms with Crippen molar-refractivity contribution in [2.75, 3.05) is 31.7 Å². The molecular formula is C13H23N3O2. The van der Waals surface area contributed by atoms with Crippen molar-refractivity contribution in [3.63, 3.8) is 0 Å². The van der Waals surface area contributed by atoms with Gasteiger partial charge in [0, 0.05) is 32.0 Å². The third-order valence-electron chi connectivity index (χ3n) is 2.12. The lowest BCUT2D eigenvalue weighted by molar-refractivity contribution is 0.110. The second-order valence-corrected chi connectivity index (χ2v) is 4.40. The van der Waals surface area contributed by atoms with E-state index in [0.29, 0.717) is 24.4 Å². The van der Waals surface area contributed by atoms with Gasteiger partial charge in [0.15, 0.2) is 0 Å². The zero-order chi connectivity index (χ0) is 13.2. The van der Waals surface area contributed by atoms with Gasteiger partial charge in [0.25, 0.3) is 0 Å². The van der Waals surface area contributed by atoms with Gasteiger partial charge in [-0.15, -0.1) is 0 Å². The predicted octanol–water partition coefficient (Wildman–Crippen LogP) is 2.35. The molecule has 5 heteroatoms. The molecule has 5 nitrogen and oxygen atoms in total. The lowest BCUT2D eigenvalue weighted by Crippen LogP contribution is -2.10. The van der Waals surface area contributed by atoms with Gasteiger partial charge in [-0.05, 0) is 19.3 Å². The average Bonchev–Trinajstić information content (AvgIpc) is 2.34.